The molecule has 0 aliphatic heterocycles. The normalized spacial score (nSPS) is 15.1. The van der Waals surface area contributed by atoms with E-state index >= 15 is 0 Å². The first-order valence-electron chi connectivity index (χ1n) is 9.19. The Morgan fingerprint density at radius 3 is 2.88 bits per heavy atom. The lowest BCUT2D eigenvalue weighted by Crippen LogP contribution is -2.21. The summed E-state index contributed by atoms with van der Waals surface area (Å²) in [5.41, 5.74) is 0.719. The number of aromatic amines is 1. The van der Waals surface area contributed by atoms with Crippen LogP contribution in [0, 0.1) is 5.92 Å². The summed E-state index contributed by atoms with van der Waals surface area (Å²) in [7, 11) is 1.77. The highest BCUT2D eigenvalue weighted by Gasteiger charge is 2.16. The zero-order valence-corrected chi connectivity index (χ0v) is 15.8. The van der Waals surface area contributed by atoms with Gasteiger partial charge in [0, 0.05) is 13.5 Å². The molecule has 1 saturated carbocycles. The lowest BCUT2D eigenvalue weighted by Gasteiger charge is -2.07. The second kappa shape index (κ2) is 7.61. The Kier molecular flexibility index (Phi) is 5.06. The summed E-state index contributed by atoms with van der Waals surface area (Å²) in [6, 6.07) is 7.45. The van der Waals surface area contributed by atoms with E-state index in [1.54, 1.807) is 11.6 Å². The Labute approximate surface area is 156 Å². The Morgan fingerprint density at radius 2 is 2.04 bits per heavy atom. The Hall–Kier alpha value is -2.15. The molecule has 0 atom stereocenters. The molecule has 2 aromatic heterocycles. The van der Waals surface area contributed by atoms with E-state index in [9.17, 15) is 4.79 Å². The molecule has 136 valence electrons. The number of benzene rings is 1. The molecule has 6 nitrogen and oxygen atoms in total. The van der Waals surface area contributed by atoms with Gasteiger partial charge in [-0.15, -0.1) is 5.10 Å². The summed E-state index contributed by atoms with van der Waals surface area (Å²) in [6.45, 7) is 0. The highest BCUT2D eigenvalue weighted by Crippen LogP contribution is 2.28. The average molecular weight is 369 g/mol. The summed E-state index contributed by atoms with van der Waals surface area (Å²) in [4.78, 5) is 21.7. The van der Waals surface area contributed by atoms with Crippen molar-refractivity contribution in [3.05, 3.63) is 46.3 Å². The molecule has 1 aliphatic carbocycles. The SMILES string of the molecule is Cn1c(CSc2n[nH]c(CCC3CCCC3)n2)nc2ccccc2c1=O. The first kappa shape index (κ1) is 17.3. The zero-order chi connectivity index (χ0) is 17.9. The van der Waals surface area contributed by atoms with Crippen LogP contribution in [0.1, 0.15) is 43.8 Å². The van der Waals surface area contributed by atoms with Crippen molar-refractivity contribution in [2.75, 3.05) is 0 Å². The molecule has 7 heteroatoms. The molecular formula is C19H23N5OS. The van der Waals surface area contributed by atoms with Crippen LogP contribution in [0.5, 0.6) is 0 Å². The van der Waals surface area contributed by atoms with Gasteiger partial charge in [0.25, 0.3) is 5.56 Å². The molecule has 3 aromatic rings. The predicted octanol–water partition coefficient (Wildman–Crippen LogP) is 3.47. The minimum Gasteiger partial charge on any atom is -0.299 e. The van der Waals surface area contributed by atoms with Crippen molar-refractivity contribution in [3.8, 4) is 0 Å². The van der Waals surface area contributed by atoms with Gasteiger partial charge in [0.1, 0.15) is 11.6 Å². The fraction of sp³-hybridized carbons (Fsp3) is 0.474. The number of rotatable bonds is 6. The number of para-hydroxylation sites is 1. The second-order valence-electron chi connectivity index (χ2n) is 6.95. The van der Waals surface area contributed by atoms with Crippen molar-refractivity contribution in [2.24, 2.45) is 13.0 Å². The van der Waals surface area contributed by atoms with Gasteiger partial charge in [0.15, 0.2) is 0 Å². The lowest BCUT2D eigenvalue weighted by molar-refractivity contribution is 0.497. The van der Waals surface area contributed by atoms with Crippen LogP contribution in [0.2, 0.25) is 0 Å². The third-order valence-corrected chi connectivity index (χ3v) is 6.02. The summed E-state index contributed by atoms with van der Waals surface area (Å²) < 4.78 is 1.61. The number of aromatic nitrogens is 5. The van der Waals surface area contributed by atoms with Crippen LogP contribution in [0.25, 0.3) is 10.9 Å². The first-order valence-corrected chi connectivity index (χ1v) is 10.2. The van der Waals surface area contributed by atoms with Crippen molar-refractivity contribution < 1.29 is 0 Å². The standard InChI is InChI=1S/C19H23N5OS/c1-24-17(20-15-9-5-4-8-14(15)18(24)25)12-26-19-21-16(22-23-19)11-10-13-6-2-3-7-13/h4-5,8-9,13H,2-3,6-7,10-12H2,1H3,(H,21,22,23). The quantitative estimate of drug-likeness (QED) is 0.673. The first-order chi connectivity index (χ1) is 12.7. The van der Waals surface area contributed by atoms with E-state index in [4.69, 9.17) is 0 Å². The average Bonchev–Trinajstić information content (AvgIpc) is 3.33. The number of fused-ring (bicyclic) bond motifs is 1. The van der Waals surface area contributed by atoms with Crippen LogP contribution in [0.4, 0.5) is 0 Å². The molecule has 0 spiro atoms. The maximum Gasteiger partial charge on any atom is 0.261 e. The molecule has 0 bridgehead atoms. The van der Waals surface area contributed by atoms with Crippen LogP contribution in [0.3, 0.4) is 0 Å². The van der Waals surface area contributed by atoms with Gasteiger partial charge in [-0.05, 0) is 24.5 Å². The maximum atomic E-state index is 12.5. The number of hydrogen-bond acceptors (Lipinski definition) is 5. The van der Waals surface area contributed by atoms with Gasteiger partial charge < -0.3 is 0 Å². The zero-order valence-electron chi connectivity index (χ0n) is 14.9. The maximum absolute atomic E-state index is 12.5. The lowest BCUT2D eigenvalue weighted by atomic mass is 10.0. The van der Waals surface area contributed by atoms with Crippen LogP contribution < -0.4 is 5.56 Å². The summed E-state index contributed by atoms with van der Waals surface area (Å²) >= 11 is 1.51. The second-order valence-corrected chi connectivity index (χ2v) is 7.89. The minimum atomic E-state index is -0.0153. The Balaban J connectivity index is 1.42. The van der Waals surface area contributed by atoms with Gasteiger partial charge in [-0.25, -0.2) is 9.97 Å². The van der Waals surface area contributed by atoms with E-state index in [-0.39, 0.29) is 5.56 Å². The summed E-state index contributed by atoms with van der Waals surface area (Å²) in [6.07, 6.45) is 7.62. The molecule has 4 rings (SSSR count). The van der Waals surface area contributed by atoms with Gasteiger partial charge in [-0.3, -0.25) is 14.5 Å². The largest absolute Gasteiger partial charge is 0.299 e. The van der Waals surface area contributed by atoms with Crippen LogP contribution in [-0.2, 0) is 19.2 Å². The molecule has 0 amide bonds. The monoisotopic (exact) mass is 369 g/mol. The molecule has 0 saturated heterocycles. The molecule has 1 aliphatic rings. The predicted molar refractivity (Wildman–Crippen MR) is 103 cm³/mol. The number of H-pyrrole nitrogens is 1. The van der Waals surface area contributed by atoms with Crippen LogP contribution >= 0.6 is 11.8 Å². The molecule has 26 heavy (non-hydrogen) atoms. The Morgan fingerprint density at radius 1 is 1.23 bits per heavy atom. The van der Waals surface area contributed by atoms with Gasteiger partial charge in [0.05, 0.1) is 16.7 Å². The summed E-state index contributed by atoms with van der Waals surface area (Å²) in [5.74, 6) is 3.11. The third-order valence-electron chi connectivity index (χ3n) is 5.18. The van der Waals surface area contributed by atoms with E-state index in [1.165, 1.54) is 43.9 Å². The minimum absolute atomic E-state index is 0.0153. The molecule has 0 unspecified atom stereocenters. The van der Waals surface area contributed by atoms with Gasteiger partial charge in [-0.1, -0.05) is 49.6 Å². The number of thioether (sulfide) groups is 1. The van der Waals surface area contributed by atoms with Crippen molar-refractivity contribution >= 4 is 22.7 Å². The van der Waals surface area contributed by atoms with Crippen molar-refractivity contribution in [2.45, 2.75) is 49.4 Å². The highest BCUT2D eigenvalue weighted by atomic mass is 32.2. The smallest absolute Gasteiger partial charge is 0.261 e. The van der Waals surface area contributed by atoms with Crippen LogP contribution in [-0.4, -0.2) is 24.7 Å². The van der Waals surface area contributed by atoms with E-state index < -0.39 is 0 Å². The number of aryl methyl sites for hydroxylation is 1. The number of nitrogens with one attached hydrogen (secondary N) is 1. The van der Waals surface area contributed by atoms with E-state index in [1.807, 2.05) is 24.3 Å². The third kappa shape index (κ3) is 3.67. The van der Waals surface area contributed by atoms with Crippen LogP contribution in [0.15, 0.2) is 34.2 Å². The molecule has 1 fully saturated rings. The molecule has 1 N–H and O–H groups in total. The van der Waals surface area contributed by atoms with Crippen molar-refractivity contribution in [1.82, 2.24) is 24.7 Å². The number of hydrogen-bond donors (Lipinski definition) is 1. The Bertz CT molecular complexity index is 958. The van der Waals surface area contributed by atoms with Crippen molar-refractivity contribution in [3.63, 3.8) is 0 Å². The van der Waals surface area contributed by atoms with Gasteiger partial charge in [0.2, 0.25) is 5.16 Å². The molecule has 1 aromatic carbocycles. The highest BCUT2D eigenvalue weighted by molar-refractivity contribution is 7.98. The molecule has 0 radical (unpaired) electrons. The topological polar surface area (TPSA) is 76.5 Å². The fourth-order valence-corrected chi connectivity index (χ4v) is 4.42. The number of nitrogens with zero attached hydrogens (tertiary/aromatic N) is 4. The van der Waals surface area contributed by atoms with E-state index in [0.29, 0.717) is 16.3 Å². The fourth-order valence-electron chi connectivity index (χ4n) is 3.62. The van der Waals surface area contributed by atoms with E-state index in [2.05, 4.69) is 20.2 Å². The van der Waals surface area contributed by atoms with Gasteiger partial charge >= 0.3 is 0 Å². The molecule has 2 heterocycles. The van der Waals surface area contributed by atoms with Crippen molar-refractivity contribution in [1.29, 1.82) is 0 Å². The van der Waals surface area contributed by atoms with Gasteiger partial charge in [-0.2, -0.15) is 0 Å². The van der Waals surface area contributed by atoms with E-state index in [0.717, 1.165) is 29.5 Å². The summed E-state index contributed by atoms with van der Waals surface area (Å²) in [5, 5.41) is 8.72. The molecular weight excluding hydrogens is 346 g/mol.